The van der Waals surface area contributed by atoms with Gasteiger partial charge in [-0.1, -0.05) is 54.1 Å². The molecule has 2 N–H and O–H groups in total. The molecule has 1 aliphatic heterocycles. The van der Waals surface area contributed by atoms with Crippen molar-refractivity contribution >= 4 is 23.2 Å². The zero-order valence-corrected chi connectivity index (χ0v) is 14.0. The first-order valence-corrected chi connectivity index (χ1v) is 8.27. The third-order valence-electron chi connectivity index (χ3n) is 4.10. The van der Waals surface area contributed by atoms with Crippen LogP contribution in [0.1, 0.15) is 17.0 Å². The lowest BCUT2D eigenvalue weighted by Crippen LogP contribution is -2.35. The summed E-state index contributed by atoms with van der Waals surface area (Å²) in [6.07, 6.45) is 0. The average Bonchev–Trinajstić information content (AvgIpc) is 2.64. The molecule has 1 aliphatic rings. The van der Waals surface area contributed by atoms with Crippen LogP contribution in [0.15, 0.2) is 72.8 Å². The van der Waals surface area contributed by atoms with Crippen molar-refractivity contribution in [2.24, 2.45) is 0 Å². The first kappa shape index (κ1) is 15.5. The van der Waals surface area contributed by atoms with Gasteiger partial charge in [-0.05, 0) is 30.3 Å². The lowest BCUT2D eigenvalue weighted by Gasteiger charge is -2.27. The SMILES string of the molecule is O=C(NNc1cccc(Cl)c1)C1c2ccccc2Oc2ccccc21. The molecule has 0 saturated carbocycles. The van der Waals surface area contributed by atoms with Crippen LogP contribution >= 0.6 is 11.6 Å². The molecule has 3 aromatic carbocycles. The van der Waals surface area contributed by atoms with Gasteiger partial charge in [0, 0.05) is 16.1 Å². The Bertz CT molecular complexity index is 897. The van der Waals surface area contributed by atoms with Gasteiger partial charge in [-0.3, -0.25) is 15.6 Å². The fraction of sp³-hybridized carbons (Fsp3) is 0.0500. The summed E-state index contributed by atoms with van der Waals surface area (Å²) in [7, 11) is 0. The lowest BCUT2D eigenvalue weighted by molar-refractivity contribution is -0.121. The minimum atomic E-state index is -0.451. The quantitative estimate of drug-likeness (QED) is 0.672. The van der Waals surface area contributed by atoms with Crippen molar-refractivity contribution < 1.29 is 9.53 Å². The number of para-hydroxylation sites is 2. The van der Waals surface area contributed by atoms with E-state index >= 15 is 0 Å². The summed E-state index contributed by atoms with van der Waals surface area (Å²) >= 11 is 5.97. The number of hydrogen-bond acceptors (Lipinski definition) is 3. The van der Waals surface area contributed by atoms with Gasteiger partial charge >= 0.3 is 0 Å². The van der Waals surface area contributed by atoms with Gasteiger partial charge < -0.3 is 4.74 Å². The summed E-state index contributed by atoms with van der Waals surface area (Å²) in [5.41, 5.74) is 8.09. The molecule has 4 rings (SSSR count). The Hall–Kier alpha value is -2.98. The molecule has 0 atom stereocenters. The summed E-state index contributed by atoms with van der Waals surface area (Å²) in [6.45, 7) is 0. The summed E-state index contributed by atoms with van der Waals surface area (Å²) in [4.78, 5) is 12.9. The van der Waals surface area contributed by atoms with Gasteiger partial charge in [0.25, 0.3) is 5.91 Å². The van der Waals surface area contributed by atoms with Crippen molar-refractivity contribution in [1.82, 2.24) is 5.43 Å². The summed E-state index contributed by atoms with van der Waals surface area (Å²) < 4.78 is 5.92. The number of rotatable bonds is 3. The Balaban J connectivity index is 1.64. The van der Waals surface area contributed by atoms with Crippen molar-refractivity contribution in [3.05, 3.63) is 88.9 Å². The third kappa shape index (κ3) is 3.04. The van der Waals surface area contributed by atoms with Gasteiger partial charge in [-0.15, -0.1) is 0 Å². The maximum absolute atomic E-state index is 12.9. The lowest BCUT2D eigenvalue weighted by atomic mass is 9.87. The second-order valence-electron chi connectivity index (χ2n) is 5.74. The number of carbonyl (C=O) groups is 1. The van der Waals surface area contributed by atoms with Crippen molar-refractivity contribution in [2.75, 3.05) is 5.43 Å². The van der Waals surface area contributed by atoms with E-state index in [9.17, 15) is 4.79 Å². The number of hydrogen-bond donors (Lipinski definition) is 2. The molecule has 124 valence electrons. The highest BCUT2D eigenvalue weighted by Crippen LogP contribution is 2.43. The maximum Gasteiger partial charge on any atom is 0.250 e. The molecular formula is C20H15ClN2O2. The second-order valence-corrected chi connectivity index (χ2v) is 6.17. The van der Waals surface area contributed by atoms with Crippen molar-refractivity contribution in [1.29, 1.82) is 0 Å². The number of carbonyl (C=O) groups excluding carboxylic acids is 1. The zero-order valence-electron chi connectivity index (χ0n) is 13.2. The Morgan fingerprint density at radius 1 is 0.880 bits per heavy atom. The number of benzene rings is 3. The van der Waals surface area contributed by atoms with Gasteiger partial charge in [-0.25, -0.2) is 0 Å². The van der Waals surface area contributed by atoms with E-state index in [0.717, 1.165) is 16.8 Å². The van der Waals surface area contributed by atoms with Crippen LogP contribution in [-0.2, 0) is 4.79 Å². The van der Waals surface area contributed by atoms with E-state index in [0.29, 0.717) is 16.5 Å². The molecule has 5 heteroatoms. The molecule has 0 fully saturated rings. The van der Waals surface area contributed by atoms with E-state index < -0.39 is 5.92 Å². The summed E-state index contributed by atoms with van der Waals surface area (Å²) in [6, 6.07) is 22.3. The van der Waals surface area contributed by atoms with Gasteiger partial charge in [0.1, 0.15) is 11.5 Å². The van der Waals surface area contributed by atoms with Crippen LogP contribution in [0, 0.1) is 0 Å². The molecule has 0 aromatic heterocycles. The Morgan fingerprint density at radius 2 is 1.52 bits per heavy atom. The second kappa shape index (κ2) is 6.49. The summed E-state index contributed by atoms with van der Waals surface area (Å²) in [5, 5.41) is 0.598. The van der Waals surface area contributed by atoms with Gasteiger partial charge in [0.05, 0.1) is 11.6 Å². The van der Waals surface area contributed by atoms with Crippen LogP contribution in [0.2, 0.25) is 5.02 Å². The van der Waals surface area contributed by atoms with Crippen LogP contribution in [0.5, 0.6) is 11.5 Å². The molecule has 0 unspecified atom stereocenters. The number of hydrazine groups is 1. The number of ether oxygens (including phenoxy) is 1. The number of halogens is 1. The zero-order chi connectivity index (χ0) is 17.2. The van der Waals surface area contributed by atoms with Crippen LogP contribution < -0.4 is 15.6 Å². The monoisotopic (exact) mass is 350 g/mol. The molecule has 0 aliphatic carbocycles. The highest BCUT2D eigenvalue weighted by molar-refractivity contribution is 6.30. The van der Waals surface area contributed by atoms with E-state index in [-0.39, 0.29) is 5.91 Å². The molecule has 0 radical (unpaired) electrons. The van der Waals surface area contributed by atoms with E-state index in [1.165, 1.54) is 0 Å². The largest absolute Gasteiger partial charge is 0.457 e. The molecule has 25 heavy (non-hydrogen) atoms. The Morgan fingerprint density at radius 3 is 2.16 bits per heavy atom. The van der Waals surface area contributed by atoms with Crippen molar-refractivity contribution in [3.8, 4) is 11.5 Å². The van der Waals surface area contributed by atoms with Crippen molar-refractivity contribution in [3.63, 3.8) is 0 Å². The van der Waals surface area contributed by atoms with Crippen LogP contribution in [0.25, 0.3) is 0 Å². The van der Waals surface area contributed by atoms with E-state index in [4.69, 9.17) is 16.3 Å². The van der Waals surface area contributed by atoms with Gasteiger partial charge in [0.15, 0.2) is 0 Å². The molecular weight excluding hydrogens is 336 g/mol. The molecule has 0 saturated heterocycles. The van der Waals surface area contributed by atoms with Gasteiger partial charge in [0.2, 0.25) is 0 Å². The van der Waals surface area contributed by atoms with Crippen LogP contribution in [0.3, 0.4) is 0 Å². The number of anilines is 1. The number of amides is 1. The first-order valence-electron chi connectivity index (χ1n) is 7.89. The van der Waals surface area contributed by atoms with Crippen LogP contribution in [0.4, 0.5) is 5.69 Å². The fourth-order valence-electron chi connectivity index (χ4n) is 2.96. The minimum absolute atomic E-state index is 0.164. The smallest absolute Gasteiger partial charge is 0.250 e. The number of fused-ring (bicyclic) bond motifs is 2. The van der Waals surface area contributed by atoms with E-state index in [1.807, 2.05) is 60.7 Å². The topological polar surface area (TPSA) is 50.4 Å². The predicted molar refractivity (Wildman–Crippen MR) is 98.0 cm³/mol. The number of nitrogens with one attached hydrogen (secondary N) is 2. The van der Waals surface area contributed by atoms with E-state index in [1.54, 1.807) is 12.1 Å². The Labute approximate surface area is 150 Å². The minimum Gasteiger partial charge on any atom is -0.457 e. The molecule has 0 spiro atoms. The molecule has 3 aromatic rings. The molecule has 0 bridgehead atoms. The van der Waals surface area contributed by atoms with Gasteiger partial charge in [-0.2, -0.15) is 0 Å². The normalized spacial score (nSPS) is 12.5. The summed E-state index contributed by atoms with van der Waals surface area (Å²) in [5.74, 6) is 0.782. The molecule has 4 nitrogen and oxygen atoms in total. The average molecular weight is 351 g/mol. The maximum atomic E-state index is 12.9. The fourth-order valence-corrected chi connectivity index (χ4v) is 3.15. The Kier molecular flexibility index (Phi) is 4.04. The molecule has 1 heterocycles. The van der Waals surface area contributed by atoms with Crippen LogP contribution in [-0.4, -0.2) is 5.91 Å². The highest BCUT2D eigenvalue weighted by atomic mass is 35.5. The molecule has 1 amide bonds. The third-order valence-corrected chi connectivity index (χ3v) is 4.33. The van der Waals surface area contributed by atoms with Crippen molar-refractivity contribution in [2.45, 2.75) is 5.92 Å². The predicted octanol–water partition coefficient (Wildman–Crippen LogP) is 4.72. The highest BCUT2D eigenvalue weighted by Gasteiger charge is 2.32. The first-order chi connectivity index (χ1) is 12.2. The standard InChI is InChI=1S/C20H15ClN2O2/c21-13-6-5-7-14(12-13)22-23-20(24)19-15-8-1-3-10-17(15)25-18-11-4-2-9-16(18)19/h1-12,19,22H,(H,23,24). The van der Waals surface area contributed by atoms with E-state index in [2.05, 4.69) is 10.9 Å².